The Hall–Kier alpha value is -2.14. The predicted octanol–water partition coefficient (Wildman–Crippen LogP) is 1.55. The molecule has 22 heavy (non-hydrogen) atoms. The second-order valence-electron chi connectivity index (χ2n) is 5.67. The van der Waals surface area contributed by atoms with Crippen molar-refractivity contribution < 1.29 is 19.5 Å². The summed E-state index contributed by atoms with van der Waals surface area (Å²) in [6.07, 6.45) is 3.08. The molecule has 1 heterocycles. The number of hydrogen-bond donors (Lipinski definition) is 0. The Morgan fingerprint density at radius 2 is 1.95 bits per heavy atom. The zero-order chi connectivity index (χ0) is 16.0. The van der Waals surface area contributed by atoms with Crippen LogP contribution in [-0.2, 0) is 9.59 Å². The SMILES string of the molecule is CC1=CC[C@H]2C(=O)N(c3ccc(Cl)c(C(=O)[O-])c3)C(=O)[C@H]2C1. The highest BCUT2D eigenvalue weighted by Gasteiger charge is 2.48. The van der Waals surface area contributed by atoms with Gasteiger partial charge < -0.3 is 9.90 Å². The Balaban J connectivity index is 2.00. The molecule has 1 aliphatic heterocycles. The lowest BCUT2D eigenvalue weighted by atomic mass is 9.82. The molecular weight excluding hydrogens is 306 g/mol. The lowest BCUT2D eigenvalue weighted by Crippen LogP contribution is -2.31. The smallest absolute Gasteiger partial charge is 0.238 e. The molecule has 0 N–H and O–H groups in total. The minimum Gasteiger partial charge on any atom is -0.545 e. The van der Waals surface area contributed by atoms with Crippen molar-refractivity contribution in [3.8, 4) is 0 Å². The summed E-state index contributed by atoms with van der Waals surface area (Å²) in [6, 6.07) is 4.04. The third-order valence-electron chi connectivity index (χ3n) is 4.25. The van der Waals surface area contributed by atoms with Gasteiger partial charge in [-0.05, 0) is 38.0 Å². The van der Waals surface area contributed by atoms with E-state index in [2.05, 4.69) is 0 Å². The zero-order valence-electron chi connectivity index (χ0n) is 11.8. The van der Waals surface area contributed by atoms with Crippen LogP contribution in [0, 0.1) is 11.8 Å². The highest BCUT2D eigenvalue weighted by atomic mass is 35.5. The van der Waals surface area contributed by atoms with E-state index in [9.17, 15) is 19.5 Å². The molecule has 3 rings (SSSR count). The molecule has 1 fully saturated rings. The molecule has 0 bridgehead atoms. The van der Waals surface area contributed by atoms with Crippen molar-refractivity contribution in [1.29, 1.82) is 0 Å². The summed E-state index contributed by atoms with van der Waals surface area (Å²) < 4.78 is 0. The van der Waals surface area contributed by atoms with Crippen LogP contribution in [0.2, 0.25) is 5.02 Å². The molecule has 5 nitrogen and oxygen atoms in total. The Morgan fingerprint density at radius 3 is 2.64 bits per heavy atom. The van der Waals surface area contributed by atoms with Crippen LogP contribution in [0.25, 0.3) is 0 Å². The number of halogens is 1. The zero-order valence-corrected chi connectivity index (χ0v) is 12.6. The van der Waals surface area contributed by atoms with Crippen LogP contribution >= 0.6 is 11.6 Å². The number of rotatable bonds is 2. The number of nitrogens with zero attached hydrogens (tertiary/aromatic N) is 1. The first kappa shape index (κ1) is 14.8. The summed E-state index contributed by atoms with van der Waals surface area (Å²) in [7, 11) is 0. The molecule has 114 valence electrons. The van der Waals surface area contributed by atoms with E-state index in [4.69, 9.17) is 11.6 Å². The van der Waals surface area contributed by atoms with Crippen LogP contribution < -0.4 is 10.0 Å². The highest BCUT2D eigenvalue weighted by molar-refractivity contribution is 6.33. The van der Waals surface area contributed by atoms with E-state index in [1.54, 1.807) is 0 Å². The molecule has 0 saturated carbocycles. The van der Waals surface area contributed by atoms with Gasteiger partial charge in [-0.25, -0.2) is 0 Å². The van der Waals surface area contributed by atoms with Gasteiger partial charge >= 0.3 is 0 Å². The van der Waals surface area contributed by atoms with Gasteiger partial charge in [-0.3, -0.25) is 14.5 Å². The van der Waals surface area contributed by atoms with Gasteiger partial charge in [0, 0.05) is 10.6 Å². The fraction of sp³-hybridized carbons (Fsp3) is 0.312. The van der Waals surface area contributed by atoms with E-state index in [0.717, 1.165) is 10.5 Å². The van der Waals surface area contributed by atoms with Gasteiger partial charge in [-0.2, -0.15) is 0 Å². The highest BCUT2D eigenvalue weighted by Crippen LogP contribution is 2.40. The second-order valence-corrected chi connectivity index (χ2v) is 6.07. The number of anilines is 1. The molecular formula is C16H13ClNO4-. The van der Waals surface area contributed by atoms with Crippen molar-refractivity contribution >= 4 is 35.1 Å². The first-order chi connectivity index (χ1) is 10.4. The normalized spacial score (nSPS) is 24.3. The van der Waals surface area contributed by atoms with Gasteiger partial charge in [-0.1, -0.05) is 23.3 Å². The summed E-state index contributed by atoms with van der Waals surface area (Å²) in [5.41, 5.74) is 1.09. The van der Waals surface area contributed by atoms with Crippen LogP contribution in [0.4, 0.5) is 5.69 Å². The number of hydrogen-bond acceptors (Lipinski definition) is 4. The number of fused-ring (bicyclic) bond motifs is 1. The Bertz CT molecular complexity index is 725. The van der Waals surface area contributed by atoms with Crippen LogP contribution in [0.1, 0.15) is 30.1 Å². The number of carbonyl (C=O) groups is 3. The topological polar surface area (TPSA) is 77.5 Å². The Morgan fingerprint density at radius 1 is 1.27 bits per heavy atom. The second kappa shape index (κ2) is 5.25. The number of carboxylic acids is 1. The standard InChI is InChI=1S/C16H14ClNO4/c1-8-2-4-10-11(6-8)15(20)18(14(10)19)9-3-5-13(17)12(7-9)16(21)22/h2-3,5,7,10-11H,4,6H2,1H3,(H,21,22)/p-1/t10-,11+/m1/s1. The number of allylic oxidation sites excluding steroid dienone is 2. The van der Waals surface area contributed by atoms with Gasteiger partial charge in [-0.15, -0.1) is 0 Å². The average Bonchev–Trinajstić information content (AvgIpc) is 2.71. The van der Waals surface area contributed by atoms with Crippen molar-refractivity contribution in [2.75, 3.05) is 4.90 Å². The Labute approximate surface area is 132 Å². The molecule has 2 aliphatic rings. The summed E-state index contributed by atoms with van der Waals surface area (Å²) in [4.78, 5) is 37.2. The number of aromatic carboxylic acids is 1. The molecule has 1 saturated heterocycles. The maximum absolute atomic E-state index is 12.5. The molecule has 1 aliphatic carbocycles. The summed E-state index contributed by atoms with van der Waals surface area (Å²) in [6.45, 7) is 1.94. The van der Waals surface area contributed by atoms with E-state index in [-0.39, 0.29) is 39.9 Å². The number of carboxylic acid groups (broad SMARTS) is 1. The molecule has 6 heteroatoms. The molecule has 2 amide bonds. The first-order valence-corrected chi connectivity index (χ1v) is 7.32. The molecule has 0 radical (unpaired) electrons. The maximum atomic E-state index is 12.5. The van der Waals surface area contributed by atoms with E-state index in [0.29, 0.717) is 12.8 Å². The summed E-state index contributed by atoms with van der Waals surface area (Å²) in [5, 5.41) is 11.1. The number of imide groups is 1. The molecule has 0 spiro atoms. The van der Waals surface area contributed by atoms with Gasteiger partial charge in [0.05, 0.1) is 23.5 Å². The predicted molar refractivity (Wildman–Crippen MR) is 78.2 cm³/mol. The van der Waals surface area contributed by atoms with Gasteiger partial charge in [0.2, 0.25) is 11.8 Å². The van der Waals surface area contributed by atoms with Gasteiger partial charge in [0.15, 0.2) is 0 Å². The maximum Gasteiger partial charge on any atom is 0.238 e. The fourth-order valence-corrected chi connectivity index (χ4v) is 3.30. The third kappa shape index (κ3) is 2.22. The van der Waals surface area contributed by atoms with Crippen molar-refractivity contribution in [2.45, 2.75) is 19.8 Å². The monoisotopic (exact) mass is 318 g/mol. The number of benzene rings is 1. The van der Waals surface area contributed by atoms with Gasteiger partial charge in [0.25, 0.3) is 0 Å². The van der Waals surface area contributed by atoms with Crippen molar-refractivity contribution in [3.05, 3.63) is 40.4 Å². The third-order valence-corrected chi connectivity index (χ3v) is 4.58. The van der Waals surface area contributed by atoms with Crippen molar-refractivity contribution in [2.24, 2.45) is 11.8 Å². The van der Waals surface area contributed by atoms with Gasteiger partial charge in [0.1, 0.15) is 0 Å². The van der Waals surface area contributed by atoms with Crippen molar-refractivity contribution in [3.63, 3.8) is 0 Å². The van der Waals surface area contributed by atoms with E-state index >= 15 is 0 Å². The molecule has 0 unspecified atom stereocenters. The molecule has 0 aromatic heterocycles. The Kier molecular flexibility index (Phi) is 3.53. The number of carbonyl (C=O) groups excluding carboxylic acids is 3. The lowest BCUT2D eigenvalue weighted by molar-refractivity contribution is -0.255. The van der Waals surface area contributed by atoms with E-state index < -0.39 is 5.97 Å². The van der Waals surface area contributed by atoms with E-state index in [1.807, 2.05) is 13.0 Å². The molecule has 1 aromatic carbocycles. The molecule has 1 aromatic rings. The minimum absolute atomic E-state index is 0.0118. The first-order valence-electron chi connectivity index (χ1n) is 6.94. The van der Waals surface area contributed by atoms with Crippen molar-refractivity contribution in [1.82, 2.24) is 0 Å². The minimum atomic E-state index is -1.44. The van der Waals surface area contributed by atoms with Crippen LogP contribution in [0.3, 0.4) is 0 Å². The van der Waals surface area contributed by atoms with E-state index in [1.165, 1.54) is 18.2 Å². The quantitative estimate of drug-likeness (QED) is 0.612. The largest absolute Gasteiger partial charge is 0.545 e. The van der Waals surface area contributed by atoms with Crippen LogP contribution in [-0.4, -0.2) is 17.8 Å². The average molecular weight is 319 g/mol. The fourth-order valence-electron chi connectivity index (χ4n) is 3.10. The summed E-state index contributed by atoms with van der Waals surface area (Å²) in [5.74, 6) is -2.74. The molecule has 2 atom stereocenters. The lowest BCUT2D eigenvalue weighted by Gasteiger charge is -2.18. The summed E-state index contributed by atoms with van der Waals surface area (Å²) >= 11 is 5.79. The number of amides is 2. The van der Waals surface area contributed by atoms with Crippen LogP contribution in [0.5, 0.6) is 0 Å². The van der Waals surface area contributed by atoms with Crippen LogP contribution in [0.15, 0.2) is 29.8 Å².